The second kappa shape index (κ2) is 5.18. The van der Waals surface area contributed by atoms with Crippen LogP contribution in [0.15, 0.2) is 0 Å². The smallest absolute Gasteiger partial charge is 0.271 e. The summed E-state index contributed by atoms with van der Waals surface area (Å²) in [5.41, 5.74) is -0.240. The molecule has 102 valence electrons. The lowest BCUT2D eigenvalue weighted by Gasteiger charge is -2.52. The van der Waals surface area contributed by atoms with Crippen molar-refractivity contribution in [3.8, 4) is 12.3 Å². The molecule has 18 heavy (non-hydrogen) atoms. The molecule has 0 spiro atoms. The van der Waals surface area contributed by atoms with Crippen LogP contribution in [0.5, 0.6) is 0 Å². The molecule has 3 fully saturated rings. The van der Waals surface area contributed by atoms with Crippen LogP contribution in [0.4, 0.5) is 0 Å². The molecule has 0 aromatic rings. The Bertz CT molecular complexity index is 304. The molecule has 4 heteroatoms. The highest BCUT2D eigenvalue weighted by molar-refractivity contribution is 4.97. The summed E-state index contributed by atoms with van der Waals surface area (Å²) >= 11 is 0. The van der Waals surface area contributed by atoms with E-state index >= 15 is 0 Å². The quantitative estimate of drug-likeness (QED) is 0.566. The summed E-state index contributed by atoms with van der Waals surface area (Å²) in [5, 5.41) is 0. The van der Waals surface area contributed by atoms with Crippen LogP contribution < -0.4 is 0 Å². The Morgan fingerprint density at radius 1 is 1.28 bits per heavy atom. The highest BCUT2D eigenvalue weighted by Gasteiger charge is 2.53. The first-order chi connectivity index (χ1) is 8.48. The van der Waals surface area contributed by atoms with Gasteiger partial charge in [-0.05, 0) is 5.41 Å². The Balaban J connectivity index is 2.10. The van der Waals surface area contributed by atoms with Crippen molar-refractivity contribution < 1.29 is 18.9 Å². The standard InChI is InChI=1S/C14H22O4/c1-5-6-7-15-11(13(2,3)4)14-8-16-12(17-9-14)18-10-14/h1,11-12H,6-10H2,2-4H3. The van der Waals surface area contributed by atoms with Crippen molar-refractivity contribution in [2.75, 3.05) is 26.4 Å². The second-order valence-electron chi connectivity index (χ2n) is 6.16. The van der Waals surface area contributed by atoms with Crippen LogP contribution in [0.2, 0.25) is 0 Å². The Kier molecular flexibility index (Phi) is 3.98. The van der Waals surface area contributed by atoms with Gasteiger partial charge in [0.2, 0.25) is 0 Å². The summed E-state index contributed by atoms with van der Waals surface area (Å²) in [6.07, 6.45) is 5.89. The molecule has 0 aromatic carbocycles. The minimum atomic E-state index is -0.488. The van der Waals surface area contributed by atoms with E-state index in [1.807, 2.05) is 0 Å². The maximum absolute atomic E-state index is 6.02. The largest absolute Gasteiger partial charge is 0.376 e. The van der Waals surface area contributed by atoms with Crippen LogP contribution in [-0.2, 0) is 18.9 Å². The number of hydrogen-bond acceptors (Lipinski definition) is 4. The summed E-state index contributed by atoms with van der Waals surface area (Å²) < 4.78 is 22.5. The van der Waals surface area contributed by atoms with Crippen molar-refractivity contribution >= 4 is 0 Å². The van der Waals surface area contributed by atoms with Crippen LogP contribution in [0.1, 0.15) is 27.2 Å². The highest BCUT2D eigenvalue weighted by atomic mass is 16.9. The van der Waals surface area contributed by atoms with Crippen LogP contribution in [0, 0.1) is 23.2 Å². The molecule has 1 atom stereocenters. The van der Waals surface area contributed by atoms with Gasteiger partial charge in [-0.1, -0.05) is 20.8 Å². The number of ether oxygens (including phenoxy) is 4. The van der Waals surface area contributed by atoms with E-state index in [0.717, 1.165) is 0 Å². The first-order valence-electron chi connectivity index (χ1n) is 6.38. The lowest BCUT2D eigenvalue weighted by Crippen LogP contribution is -2.61. The van der Waals surface area contributed by atoms with Gasteiger partial charge in [0.1, 0.15) is 0 Å². The Hall–Kier alpha value is -0.600. The lowest BCUT2D eigenvalue weighted by atomic mass is 9.71. The predicted molar refractivity (Wildman–Crippen MR) is 66.7 cm³/mol. The topological polar surface area (TPSA) is 36.9 Å². The van der Waals surface area contributed by atoms with Gasteiger partial charge in [-0.25, -0.2) is 0 Å². The average molecular weight is 254 g/mol. The van der Waals surface area contributed by atoms with E-state index in [4.69, 9.17) is 25.4 Å². The zero-order valence-corrected chi connectivity index (χ0v) is 11.4. The minimum Gasteiger partial charge on any atom is -0.376 e. The number of terminal acetylenes is 1. The molecule has 3 heterocycles. The molecule has 3 rings (SSSR count). The monoisotopic (exact) mass is 254 g/mol. The number of fused-ring (bicyclic) bond motifs is 3. The van der Waals surface area contributed by atoms with Gasteiger partial charge in [-0.2, -0.15) is 0 Å². The molecular formula is C14H22O4. The summed E-state index contributed by atoms with van der Waals surface area (Å²) in [5.74, 6) is 2.60. The molecule has 4 nitrogen and oxygen atoms in total. The molecule has 0 amide bonds. The van der Waals surface area contributed by atoms with Gasteiger partial charge < -0.3 is 18.9 Å². The fourth-order valence-corrected chi connectivity index (χ4v) is 2.78. The van der Waals surface area contributed by atoms with Gasteiger partial charge in [0.05, 0.1) is 37.9 Å². The maximum atomic E-state index is 6.02. The minimum absolute atomic E-state index is 0.000370. The molecule has 2 bridgehead atoms. The number of rotatable bonds is 4. The lowest BCUT2D eigenvalue weighted by molar-refractivity contribution is -0.411. The van der Waals surface area contributed by atoms with E-state index < -0.39 is 6.48 Å². The van der Waals surface area contributed by atoms with Gasteiger partial charge in [0, 0.05) is 6.42 Å². The first-order valence-corrected chi connectivity index (χ1v) is 6.38. The van der Waals surface area contributed by atoms with Crippen molar-refractivity contribution in [2.24, 2.45) is 10.8 Å². The van der Waals surface area contributed by atoms with Gasteiger partial charge in [0.25, 0.3) is 6.48 Å². The summed E-state index contributed by atoms with van der Waals surface area (Å²) in [6, 6.07) is 0. The van der Waals surface area contributed by atoms with Crippen LogP contribution in [0.3, 0.4) is 0 Å². The maximum Gasteiger partial charge on any atom is 0.271 e. The summed E-state index contributed by atoms with van der Waals surface area (Å²) in [7, 11) is 0. The Morgan fingerprint density at radius 2 is 1.83 bits per heavy atom. The zero-order valence-electron chi connectivity index (χ0n) is 11.4. The molecule has 3 aliphatic heterocycles. The number of hydrogen-bond donors (Lipinski definition) is 0. The Labute approximate surface area is 109 Å². The van der Waals surface area contributed by atoms with Crippen molar-refractivity contribution in [1.29, 1.82) is 0 Å². The third-order valence-corrected chi connectivity index (χ3v) is 3.39. The molecule has 0 radical (unpaired) electrons. The van der Waals surface area contributed by atoms with E-state index in [-0.39, 0.29) is 16.9 Å². The van der Waals surface area contributed by atoms with E-state index in [2.05, 4.69) is 26.7 Å². The third kappa shape index (κ3) is 2.70. The van der Waals surface area contributed by atoms with E-state index in [0.29, 0.717) is 32.8 Å². The first kappa shape index (κ1) is 13.8. The molecule has 1 unspecified atom stereocenters. The fourth-order valence-electron chi connectivity index (χ4n) is 2.78. The average Bonchev–Trinajstić information content (AvgIpc) is 2.35. The molecular weight excluding hydrogens is 232 g/mol. The van der Waals surface area contributed by atoms with E-state index in [1.54, 1.807) is 0 Å². The zero-order chi connectivity index (χ0) is 13.2. The molecule has 0 saturated carbocycles. The van der Waals surface area contributed by atoms with Crippen molar-refractivity contribution in [1.82, 2.24) is 0 Å². The van der Waals surface area contributed by atoms with Crippen molar-refractivity contribution in [3.05, 3.63) is 0 Å². The molecule has 0 N–H and O–H groups in total. The third-order valence-electron chi connectivity index (χ3n) is 3.39. The molecule has 0 aliphatic carbocycles. The Morgan fingerprint density at radius 3 is 2.28 bits per heavy atom. The fraction of sp³-hybridized carbons (Fsp3) is 0.857. The SMILES string of the molecule is C#CCCOC(C(C)(C)C)C12COC(OC1)OC2. The van der Waals surface area contributed by atoms with Gasteiger partial charge >= 0.3 is 0 Å². The van der Waals surface area contributed by atoms with E-state index in [9.17, 15) is 0 Å². The van der Waals surface area contributed by atoms with Crippen molar-refractivity contribution in [2.45, 2.75) is 39.8 Å². The molecule has 0 aromatic heterocycles. The van der Waals surface area contributed by atoms with E-state index in [1.165, 1.54) is 0 Å². The van der Waals surface area contributed by atoms with Crippen LogP contribution in [0.25, 0.3) is 0 Å². The van der Waals surface area contributed by atoms with Gasteiger partial charge in [-0.3, -0.25) is 0 Å². The summed E-state index contributed by atoms with van der Waals surface area (Å²) in [6.45, 7) is 8.40. The van der Waals surface area contributed by atoms with Crippen LogP contribution >= 0.6 is 0 Å². The van der Waals surface area contributed by atoms with Crippen LogP contribution in [-0.4, -0.2) is 39.0 Å². The molecule has 3 saturated heterocycles. The molecule has 3 aliphatic rings. The summed E-state index contributed by atoms with van der Waals surface area (Å²) in [4.78, 5) is 0. The van der Waals surface area contributed by atoms with Crippen molar-refractivity contribution in [3.63, 3.8) is 0 Å². The second-order valence-corrected chi connectivity index (χ2v) is 6.16. The van der Waals surface area contributed by atoms with Gasteiger partial charge in [0.15, 0.2) is 0 Å². The van der Waals surface area contributed by atoms with Gasteiger partial charge in [-0.15, -0.1) is 12.3 Å². The normalized spacial score (nSPS) is 33.1. The highest BCUT2D eigenvalue weighted by Crippen LogP contribution is 2.43. The predicted octanol–water partition coefficient (Wildman–Crippen LogP) is 1.79.